The Bertz CT molecular complexity index is 382. The summed E-state index contributed by atoms with van der Waals surface area (Å²) < 4.78 is 21.3. The summed E-state index contributed by atoms with van der Waals surface area (Å²) in [5.41, 5.74) is 0. The molecule has 0 unspecified atom stereocenters. The third kappa shape index (κ3) is 11.6. The third-order valence-corrected chi connectivity index (χ3v) is 4.46. The Morgan fingerprint density at radius 1 is 0.808 bits per heavy atom. The maximum absolute atomic E-state index is 11.9. The second kappa shape index (κ2) is 15.1. The molecule has 1 saturated carbocycles. The van der Waals surface area contributed by atoms with E-state index in [2.05, 4.69) is 5.32 Å². The lowest BCUT2D eigenvalue weighted by Crippen LogP contribution is -2.38. The summed E-state index contributed by atoms with van der Waals surface area (Å²) in [5, 5.41) is 3.03. The first-order valence-corrected chi connectivity index (χ1v) is 9.74. The Morgan fingerprint density at radius 2 is 1.31 bits per heavy atom. The maximum atomic E-state index is 11.9. The number of amides is 1. The highest BCUT2D eigenvalue weighted by Gasteiger charge is 2.24. The van der Waals surface area contributed by atoms with Crippen molar-refractivity contribution in [2.45, 2.75) is 52.0 Å². The van der Waals surface area contributed by atoms with Crippen LogP contribution in [-0.2, 0) is 28.5 Å². The monoisotopic (exact) mass is 373 g/mol. The van der Waals surface area contributed by atoms with E-state index in [0.717, 1.165) is 25.7 Å². The van der Waals surface area contributed by atoms with Crippen LogP contribution in [0.4, 0.5) is 0 Å². The van der Waals surface area contributed by atoms with Crippen LogP contribution in [0.25, 0.3) is 0 Å². The number of carbonyl (C=O) groups excluding carboxylic acids is 2. The molecule has 0 radical (unpaired) electrons. The molecule has 0 heterocycles. The molecular weight excluding hydrogens is 338 g/mol. The zero-order chi connectivity index (χ0) is 19.0. The van der Waals surface area contributed by atoms with Gasteiger partial charge in [0, 0.05) is 25.0 Å². The molecule has 1 aliphatic rings. The van der Waals surface area contributed by atoms with Crippen LogP contribution in [0.1, 0.15) is 46.0 Å². The Kier molecular flexibility index (Phi) is 13.4. The molecule has 0 saturated heterocycles. The minimum atomic E-state index is 0.0138. The van der Waals surface area contributed by atoms with Gasteiger partial charge in [-0.15, -0.1) is 0 Å². The van der Waals surface area contributed by atoms with E-state index in [9.17, 15) is 9.59 Å². The highest BCUT2D eigenvalue weighted by Crippen LogP contribution is 2.24. The van der Waals surface area contributed by atoms with Crippen molar-refractivity contribution >= 4 is 11.7 Å². The van der Waals surface area contributed by atoms with Gasteiger partial charge in [-0.05, 0) is 39.5 Å². The van der Waals surface area contributed by atoms with Crippen molar-refractivity contribution in [2.24, 2.45) is 5.92 Å². The van der Waals surface area contributed by atoms with E-state index in [-0.39, 0.29) is 23.7 Å². The zero-order valence-electron chi connectivity index (χ0n) is 16.3. The van der Waals surface area contributed by atoms with Gasteiger partial charge in [0.05, 0.1) is 46.2 Å². The fourth-order valence-corrected chi connectivity index (χ4v) is 2.91. The lowest BCUT2D eigenvalue weighted by molar-refractivity contribution is -0.123. The van der Waals surface area contributed by atoms with Gasteiger partial charge in [0.15, 0.2) is 0 Å². The lowest BCUT2D eigenvalue weighted by Gasteiger charge is -2.27. The largest absolute Gasteiger partial charge is 0.379 e. The molecule has 152 valence electrons. The molecule has 1 amide bonds. The van der Waals surface area contributed by atoms with Crippen molar-refractivity contribution in [2.75, 3.05) is 52.9 Å². The lowest BCUT2D eigenvalue weighted by atomic mass is 9.84. The van der Waals surface area contributed by atoms with Crippen LogP contribution >= 0.6 is 0 Å². The summed E-state index contributed by atoms with van der Waals surface area (Å²) in [4.78, 5) is 23.2. The van der Waals surface area contributed by atoms with Crippen LogP contribution in [-0.4, -0.2) is 70.6 Å². The van der Waals surface area contributed by atoms with Crippen molar-refractivity contribution in [1.82, 2.24) is 5.32 Å². The van der Waals surface area contributed by atoms with E-state index in [1.54, 1.807) is 6.92 Å². The third-order valence-electron chi connectivity index (χ3n) is 4.46. The standard InChI is InChI=1S/C19H35NO6/c1-3-23-10-11-25-14-15-26-13-12-24-9-8-19(22)20-18-6-4-17(5-7-18)16(2)21/h17-18H,3-15H2,1-2H3,(H,20,22). The van der Waals surface area contributed by atoms with Crippen LogP contribution in [0.15, 0.2) is 0 Å². The average molecular weight is 373 g/mol. The van der Waals surface area contributed by atoms with Gasteiger partial charge < -0.3 is 24.3 Å². The summed E-state index contributed by atoms with van der Waals surface area (Å²) in [7, 11) is 0. The fraction of sp³-hybridized carbons (Fsp3) is 0.895. The summed E-state index contributed by atoms with van der Waals surface area (Å²) in [6.07, 6.45) is 3.88. The van der Waals surface area contributed by atoms with E-state index in [1.807, 2.05) is 6.92 Å². The van der Waals surface area contributed by atoms with Crippen molar-refractivity contribution in [3.05, 3.63) is 0 Å². The molecule has 1 rings (SSSR count). The van der Waals surface area contributed by atoms with E-state index in [4.69, 9.17) is 18.9 Å². The molecule has 7 nitrogen and oxygen atoms in total. The molecule has 1 aliphatic carbocycles. The molecular formula is C19H35NO6. The fourth-order valence-electron chi connectivity index (χ4n) is 2.91. The SMILES string of the molecule is CCOCCOCCOCCOCCC(=O)NC1CCC(C(C)=O)CC1. The first kappa shape index (κ1) is 23.0. The normalized spacial score (nSPS) is 20.1. The molecule has 26 heavy (non-hydrogen) atoms. The van der Waals surface area contributed by atoms with Crippen LogP contribution in [0.3, 0.4) is 0 Å². The number of Topliss-reactive ketones (excluding diaryl/α,β-unsaturated/α-hetero) is 1. The highest BCUT2D eigenvalue weighted by molar-refractivity contribution is 5.78. The Labute approximate surface area is 157 Å². The summed E-state index contributed by atoms with van der Waals surface area (Å²) >= 11 is 0. The van der Waals surface area contributed by atoms with Gasteiger partial charge in [-0.25, -0.2) is 0 Å². The minimum absolute atomic E-state index is 0.0138. The topological polar surface area (TPSA) is 83.1 Å². The highest BCUT2D eigenvalue weighted by atomic mass is 16.6. The van der Waals surface area contributed by atoms with Gasteiger partial charge in [0.25, 0.3) is 0 Å². The van der Waals surface area contributed by atoms with Gasteiger partial charge in [0.2, 0.25) is 5.91 Å². The summed E-state index contributed by atoms with van der Waals surface area (Å²) in [5.74, 6) is 0.462. The summed E-state index contributed by atoms with van der Waals surface area (Å²) in [6, 6.07) is 0.198. The quantitative estimate of drug-likeness (QED) is 0.440. The van der Waals surface area contributed by atoms with Crippen LogP contribution < -0.4 is 5.32 Å². The van der Waals surface area contributed by atoms with Crippen LogP contribution in [0.5, 0.6) is 0 Å². The zero-order valence-corrected chi connectivity index (χ0v) is 16.3. The van der Waals surface area contributed by atoms with Gasteiger partial charge in [-0.2, -0.15) is 0 Å². The van der Waals surface area contributed by atoms with Crippen molar-refractivity contribution < 1.29 is 28.5 Å². The molecule has 1 fully saturated rings. The predicted molar refractivity (Wildman–Crippen MR) is 98.1 cm³/mol. The Balaban J connectivity index is 1.86. The van der Waals surface area contributed by atoms with Crippen molar-refractivity contribution in [3.8, 4) is 0 Å². The van der Waals surface area contributed by atoms with Gasteiger partial charge in [0.1, 0.15) is 5.78 Å². The van der Waals surface area contributed by atoms with Crippen LogP contribution in [0.2, 0.25) is 0 Å². The maximum Gasteiger partial charge on any atom is 0.222 e. The number of nitrogens with one attached hydrogen (secondary N) is 1. The Hall–Kier alpha value is -1.02. The number of hydrogen-bond donors (Lipinski definition) is 1. The molecule has 0 aliphatic heterocycles. The minimum Gasteiger partial charge on any atom is -0.379 e. The van der Waals surface area contributed by atoms with E-state index in [0.29, 0.717) is 59.3 Å². The molecule has 7 heteroatoms. The molecule has 0 atom stereocenters. The smallest absolute Gasteiger partial charge is 0.222 e. The van der Waals surface area contributed by atoms with Gasteiger partial charge in [-0.1, -0.05) is 0 Å². The van der Waals surface area contributed by atoms with E-state index in [1.165, 1.54) is 0 Å². The number of rotatable bonds is 15. The number of carbonyl (C=O) groups is 2. The van der Waals surface area contributed by atoms with Gasteiger partial charge >= 0.3 is 0 Å². The first-order valence-electron chi connectivity index (χ1n) is 9.74. The van der Waals surface area contributed by atoms with Crippen molar-refractivity contribution in [3.63, 3.8) is 0 Å². The second-order valence-electron chi connectivity index (χ2n) is 6.51. The first-order chi connectivity index (χ1) is 12.6. The number of hydrogen-bond acceptors (Lipinski definition) is 6. The summed E-state index contributed by atoms with van der Waals surface area (Å²) in [6.45, 7) is 7.92. The Morgan fingerprint density at radius 3 is 1.81 bits per heavy atom. The second-order valence-corrected chi connectivity index (χ2v) is 6.51. The number of ketones is 1. The molecule has 0 aromatic heterocycles. The van der Waals surface area contributed by atoms with E-state index < -0.39 is 0 Å². The van der Waals surface area contributed by atoms with Crippen LogP contribution in [0, 0.1) is 5.92 Å². The molecule has 0 spiro atoms. The molecule has 0 aromatic rings. The number of ether oxygens (including phenoxy) is 4. The predicted octanol–water partition coefficient (Wildman–Crippen LogP) is 1.73. The van der Waals surface area contributed by atoms with Gasteiger partial charge in [-0.3, -0.25) is 9.59 Å². The van der Waals surface area contributed by atoms with Crippen molar-refractivity contribution in [1.29, 1.82) is 0 Å². The average Bonchev–Trinajstić information content (AvgIpc) is 2.63. The molecule has 0 bridgehead atoms. The van der Waals surface area contributed by atoms with E-state index >= 15 is 0 Å². The molecule has 0 aromatic carbocycles. The molecule has 1 N–H and O–H groups in total.